The van der Waals surface area contributed by atoms with E-state index < -0.39 is 14.9 Å². The lowest BCUT2D eigenvalue weighted by atomic mass is 10.0. The first-order chi connectivity index (χ1) is 15.4. The molecular weight excluding hydrogens is 450 g/mol. The fourth-order valence-corrected chi connectivity index (χ4v) is 4.54. The minimum absolute atomic E-state index is 0.0170. The van der Waals surface area contributed by atoms with E-state index >= 15 is 0 Å². The molecule has 7 nitrogen and oxygen atoms in total. The van der Waals surface area contributed by atoms with E-state index in [1.807, 2.05) is 0 Å². The number of unbranched alkanes of at least 4 members (excludes halogenated alkanes) is 13. The predicted octanol–water partition coefficient (Wildman–Crippen LogP) is 6.98. The molecule has 32 heavy (non-hydrogen) atoms. The van der Waals surface area contributed by atoms with E-state index in [-0.39, 0.29) is 16.5 Å². The number of hydrogen-bond acceptors (Lipinski definition) is 5. The van der Waals surface area contributed by atoms with Gasteiger partial charge in [-0.25, -0.2) is 13.2 Å². The second kappa shape index (κ2) is 16.9. The molecule has 0 bridgehead atoms. The number of benzene rings is 1. The summed E-state index contributed by atoms with van der Waals surface area (Å²) < 4.78 is 24.0. The Hall–Kier alpha value is -1.67. The van der Waals surface area contributed by atoms with E-state index in [1.54, 1.807) is 0 Å². The first-order valence-corrected chi connectivity index (χ1v) is 13.8. The zero-order valence-corrected chi connectivity index (χ0v) is 20.8. The topological polar surface area (TPSA) is 102 Å². The van der Waals surface area contributed by atoms with Gasteiger partial charge >= 0.3 is 0 Å². The van der Waals surface area contributed by atoms with Crippen LogP contribution in [0.15, 0.2) is 23.3 Å². The molecule has 0 atom stereocenters. The van der Waals surface area contributed by atoms with Crippen LogP contribution in [0.5, 0.6) is 0 Å². The molecule has 1 N–H and O–H groups in total. The number of nitro groups is 1. The quantitative estimate of drug-likeness (QED) is 0.0983. The number of hydrazone groups is 1. The van der Waals surface area contributed by atoms with E-state index in [1.165, 1.54) is 88.6 Å². The van der Waals surface area contributed by atoms with Crippen molar-refractivity contribution in [2.45, 2.75) is 96.8 Å². The molecule has 0 saturated heterocycles. The van der Waals surface area contributed by atoms with Gasteiger partial charge in [-0.1, -0.05) is 108 Å². The minimum atomic E-state index is -3.51. The van der Waals surface area contributed by atoms with E-state index in [4.69, 9.17) is 11.6 Å². The summed E-state index contributed by atoms with van der Waals surface area (Å²) >= 11 is 5.75. The Kier molecular flexibility index (Phi) is 15.0. The van der Waals surface area contributed by atoms with E-state index in [0.29, 0.717) is 12.0 Å². The van der Waals surface area contributed by atoms with Crippen molar-refractivity contribution in [1.82, 2.24) is 4.83 Å². The Morgan fingerprint density at radius 3 is 1.94 bits per heavy atom. The molecule has 182 valence electrons. The van der Waals surface area contributed by atoms with Crippen LogP contribution < -0.4 is 4.83 Å². The zero-order chi connectivity index (χ0) is 23.7. The highest BCUT2D eigenvalue weighted by molar-refractivity contribution is 7.89. The van der Waals surface area contributed by atoms with Crippen molar-refractivity contribution in [1.29, 1.82) is 0 Å². The second-order valence-electron chi connectivity index (χ2n) is 8.23. The van der Waals surface area contributed by atoms with Crippen LogP contribution in [-0.2, 0) is 10.0 Å². The molecule has 0 aliphatic rings. The lowest BCUT2D eigenvalue weighted by Gasteiger charge is -2.04. The van der Waals surface area contributed by atoms with E-state index in [9.17, 15) is 18.5 Å². The molecule has 0 aromatic heterocycles. The van der Waals surface area contributed by atoms with Crippen molar-refractivity contribution < 1.29 is 13.3 Å². The molecule has 0 amide bonds. The number of sulfonamides is 1. The molecule has 1 aromatic carbocycles. The van der Waals surface area contributed by atoms with Crippen molar-refractivity contribution >= 4 is 33.5 Å². The van der Waals surface area contributed by atoms with Crippen LogP contribution in [0.4, 0.5) is 5.69 Å². The Balaban J connectivity index is 2.09. The third-order valence-electron chi connectivity index (χ3n) is 5.34. The number of nitrogens with zero attached hydrogens (tertiary/aromatic N) is 2. The van der Waals surface area contributed by atoms with Crippen molar-refractivity contribution in [3.63, 3.8) is 0 Å². The number of nitro benzene ring substituents is 1. The normalized spacial score (nSPS) is 11.8. The maximum atomic E-state index is 12.0. The van der Waals surface area contributed by atoms with Crippen LogP contribution in [0.25, 0.3) is 0 Å². The summed E-state index contributed by atoms with van der Waals surface area (Å²) in [5, 5.41) is 14.6. The average molecular weight is 488 g/mol. The molecule has 0 heterocycles. The van der Waals surface area contributed by atoms with Crippen LogP contribution in [-0.4, -0.2) is 25.3 Å². The fraction of sp³-hybridized carbons (Fsp3) is 0.696. The van der Waals surface area contributed by atoms with Crippen LogP contribution in [0.3, 0.4) is 0 Å². The summed E-state index contributed by atoms with van der Waals surface area (Å²) in [6.07, 6.45) is 18.2. The third kappa shape index (κ3) is 13.7. The van der Waals surface area contributed by atoms with E-state index in [2.05, 4.69) is 16.9 Å². The summed E-state index contributed by atoms with van der Waals surface area (Å²) in [5.74, 6) is 0.0170. The van der Waals surface area contributed by atoms with Gasteiger partial charge in [0.1, 0.15) is 5.02 Å². The summed E-state index contributed by atoms with van der Waals surface area (Å²) in [6, 6.07) is 4.15. The monoisotopic (exact) mass is 487 g/mol. The Labute approximate surface area is 198 Å². The first-order valence-electron chi connectivity index (χ1n) is 11.8. The van der Waals surface area contributed by atoms with Gasteiger partial charge in [0.2, 0.25) is 10.0 Å². The van der Waals surface area contributed by atoms with Gasteiger partial charge in [-0.3, -0.25) is 10.1 Å². The Morgan fingerprint density at radius 2 is 1.44 bits per heavy atom. The summed E-state index contributed by atoms with van der Waals surface area (Å²) in [6.45, 7) is 2.24. The van der Waals surface area contributed by atoms with Gasteiger partial charge in [-0.05, 0) is 12.5 Å². The molecule has 1 rings (SSSR count). The van der Waals surface area contributed by atoms with Gasteiger partial charge in [0.25, 0.3) is 5.69 Å². The van der Waals surface area contributed by atoms with Gasteiger partial charge < -0.3 is 0 Å². The van der Waals surface area contributed by atoms with Gasteiger partial charge in [-0.15, -0.1) is 0 Å². The largest absolute Gasteiger partial charge is 0.288 e. The molecule has 1 aromatic rings. The zero-order valence-electron chi connectivity index (χ0n) is 19.2. The predicted molar refractivity (Wildman–Crippen MR) is 133 cm³/mol. The number of nitrogens with one attached hydrogen (secondary N) is 1. The lowest BCUT2D eigenvalue weighted by Crippen LogP contribution is -2.21. The third-order valence-corrected chi connectivity index (χ3v) is 6.87. The minimum Gasteiger partial charge on any atom is -0.258 e. The van der Waals surface area contributed by atoms with E-state index in [0.717, 1.165) is 19.3 Å². The fourth-order valence-electron chi connectivity index (χ4n) is 3.46. The summed E-state index contributed by atoms with van der Waals surface area (Å²) in [7, 11) is -3.51. The van der Waals surface area contributed by atoms with Crippen molar-refractivity contribution in [3.05, 3.63) is 38.9 Å². The Morgan fingerprint density at radius 1 is 0.938 bits per heavy atom. The second-order valence-corrected chi connectivity index (χ2v) is 10.5. The maximum absolute atomic E-state index is 12.0. The highest BCUT2D eigenvalue weighted by Crippen LogP contribution is 2.24. The molecule has 0 radical (unpaired) electrons. The number of halogens is 1. The maximum Gasteiger partial charge on any atom is 0.288 e. The molecular formula is C23H38ClN3O4S. The smallest absolute Gasteiger partial charge is 0.258 e. The number of hydrogen-bond donors (Lipinski definition) is 1. The van der Waals surface area contributed by atoms with Gasteiger partial charge in [0, 0.05) is 11.6 Å². The van der Waals surface area contributed by atoms with Crippen LogP contribution in [0.2, 0.25) is 5.02 Å². The SMILES string of the molecule is CCCCCCCCCCCCCCCCS(=O)(=O)N/N=C\c1ccc(Cl)c([N+](=O)[O-])c1. The first kappa shape index (κ1) is 28.4. The van der Waals surface area contributed by atoms with Gasteiger partial charge in [0.15, 0.2) is 0 Å². The van der Waals surface area contributed by atoms with Crippen molar-refractivity contribution in [3.8, 4) is 0 Å². The average Bonchev–Trinajstić information content (AvgIpc) is 2.75. The highest BCUT2D eigenvalue weighted by Gasteiger charge is 2.12. The van der Waals surface area contributed by atoms with Crippen molar-refractivity contribution in [2.24, 2.45) is 5.10 Å². The molecule has 0 aliphatic carbocycles. The molecule has 0 spiro atoms. The van der Waals surface area contributed by atoms with Crippen molar-refractivity contribution in [2.75, 3.05) is 5.75 Å². The number of rotatable bonds is 19. The molecule has 0 saturated carbocycles. The highest BCUT2D eigenvalue weighted by atomic mass is 35.5. The summed E-state index contributed by atoms with van der Waals surface area (Å²) in [4.78, 5) is 12.4. The molecule has 0 unspecified atom stereocenters. The van der Waals surface area contributed by atoms with Gasteiger partial charge in [-0.2, -0.15) is 5.10 Å². The molecule has 9 heteroatoms. The summed E-state index contributed by atoms with van der Waals surface area (Å²) in [5.41, 5.74) is 0.140. The van der Waals surface area contributed by atoms with Crippen LogP contribution in [0, 0.1) is 10.1 Å². The Bertz CT molecular complexity index is 800. The lowest BCUT2D eigenvalue weighted by molar-refractivity contribution is -0.384. The van der Waals surface area contributed by atoms with Gasteiger partial charge in [0.05, 0.1) is 16.9 Å². The molecule has 0 aliphatic heterocycles. The standard InChI is InChI=1S/C23H38ClN3O4S/c1-2-3-4-5-6-7-8-9-10-11-12-13-14-15-18-32(30,31)26-25-20-21-16-17-22(24)23(19-21)27(28)29/h16-17,19-20,26H,2-15,18H2,1H3/b25-20-. The van der Waals surface area contributed by atoms with Crippen LogP contribution in [0.1, 0.15) is 102 Å². The molecule has 0 fully saturated rings. The van der Waals surface area contributed by atoms with Crippen LogP contribution >= 0.6 is 11.6 Å².